The Labute approximate surface area is 174 Å². The van der Waals surface area contributed by atoms with Gasteiger partial charge in [-0.2, -0.15) is 11.8 Å². The van der Waals surface area contributed by atoms with Crippen molar-refractivity contribution in [3.63, 3.8) is 0 Å². The Hall–Kier alpha value is 0.110. The topological polar surface area (TPSA) is 31.4 Å². The molecule has 160 valence electrons. The number of ether oxygens (including phenoxy) is 2. The van der Waals surface area contributed by atoms with E-state index in [2.05, 4.69) is 31.6 Å². The van der Waals surface area contributed by atoms with Gasteiger partial charge in [0.1, 0.15) is 5.66 Å². The Balaban J connectivity index is 1.56. The van der Waals surface area contributed by atoms with Crippen LogP contribution in [0.3, 0.4) is 0 Å². The van der Waals surface area contributed by atoms with Gasteiger partial charge in [-0.3, -0.25) is 9.80 Å². The van der Waals surface area contributed by atoms with Crippen molar-refractivity contribution in [3.05, 3.63) is 0 Å². The Morgan fingerprint density at radius 1 is 0.750 bits per heavy atom. The van der Waals surface area contributed by atoms with Crippen molar-refractivity contribution in [2.75, 3.05) is 77.1 Å². The summed E-state index contributed by atoms with van der Waals surface area (Å²) in [6.45, 7) is 10.9. The van der Waals surface area contributed by atoms with Crippen LogP contribution in [0.5, 0.6) is 0 Å². The van der Waals surface area contributed by atoms with E-state index in [1.54, 1.807) is 0 Å². The number of hydrogen-bond acceptors (Lipinski definition) is 7. The SMILES string of the molecule is C1COC(C2(N3CCOCC3)C(N3CCCC3)CCCN2N2CCSCC2)C1. The van der Waals surface area contributed by atoms with Gasteiger partial charge in [0.2, 0.25) is 0 Å². The van der Waals surface area contributed by atoms with E-state index < -0.39 is 0 Å². The van der Waals surface area contributed by atoms with Gasteiger partial charge in [0, 0.05) is 56.9 Å². The summed E-state index contributed by atoms with van der Waals surface area (Å²) in [5.41, 5.74) is -0.00905. The standard InChI is InChI=1S/C21H38N4O2S/c1-2-8-22(7-1)19-5-3-9-25(24-12-17-28-18-13-24)21(19,20-6-4-14-27-20)23-10-15-26-16-11-23/h19-20H,1-18H2. The number of piperidine rings is 1. The molecule has 5 rings (SSSR count). The summed E-state index contributed by atoms with van der Waals surface area (Å²) in [5, 5.41) is 5.55. The Bertz CT molecular complexity index is 503. The molecule has 3 atom stereocenters. The normalized spacial score (nSPS) is 40.3. The van der Waals surface area contributed by atoms with Crippen LogP contribution >= 0.6 is 11.8 Å². The maximum atomic E-state index is 6.58. The van der Waals surface area contributed by atoms with Gasteiger partial charge in [-0.25, -0.2) is 10.0 Å². The van der Waals surface area contributed by atoms with E-state index in [1.165, 1.54) is 82.8 Å². The van der Waals surface area contributed by atoms with Crippen molar-refractivity contribution in [3.8, 4) is 0 Å². The van der Waals surface area contributed by atoms with E-state index in [-0.39, 0.29) is 5.66 Å². The third kappa shape index (κ3) is 3.55. The molecule has 5 aliphatic rings. The maximum Gasteiger partial charge on any atom is 0.129 e. The van der Waals surface area contributed by atoms with Crippen molar-refractivity contribution >= 4 is 11.8 Å². The van der Waals surface area contributed by atoms with Crippen molar-refractivity contribution in [1.82, 2.24) is 19.8 Å². The van der Waals surface area contributed by atoms with E-state index in [4.69, 9.17) is 9.47 Å². The summed E-state index contributed by atoms with van der Waals surface area (Å²) in [6, 6.07) is 0.583. The largest absolute Gasteiger partial charge is 0.379 e. The van der Waals surface area contributed by atoms with Gasteiger partial charge in [-0.05, 0) is 51.6 Å². The third-order valence-corrected chi connectivity index (χ3v) is 8.53. The molecule has 0 radical (unpaired) electrons. The molecule has 0 N–H and O–H groups in total. The lowest BCUT2D eigenvalue weighted by atomic mass is 9.81. The van der Waals surface area contributed by atoms with Gasteiger partial charge < -0.3 is 9.47 Å². The van der Waals surface area contributed by atoms with E-state index in [9.17, 15) is 0 Å². The quantitative estimate of drug-likeness (QED) is 0.698. The van der Waals surface area contributed by atoms with Crippen LogP contribution in [0, 0.1) is 0 Å². The number of hydrogen-bond donors (Lipinski definition) is 0. The number of thioether (sulfide) groups is 1. The van der Waals surface area contributed by atoms with E-state index in [0.717, 1.165) is 32.9 Å². The number of nitrogens with zero attached hydrogens (tertiary/aromatic N) is 4. The Morgan fingerprint density at radius 2 is 1.54 bits per heavy atom. The van der Waals surface area contributed by atoms with Gasteiger partial charge in [0.15, 0.2) is 0 Å². The highest BCUT2D eigenvalue weighted by Gasteiger charge is 2.60. The fraction of sp³-hybridized carbons (Fsp3) is 1.00. The first-order chi connectivity index (χ1) is 13.9. The highest BCUT2D eigenvalue weighted by molar-refractivity contribution is 7.99. The molecule has 0 saturated carbocycles. The average Bonchev–Trinajstić information content (AvgIpc) is 3.49. The van der Waals surface area contributed by atoms with Crippen LogP contribution in [0.1, 0.15) is 38.5 Å². The van der Waals surface area contributed by atoms with E-state index in [0.29, 0.717) is 12.1 Å². The molecule has 0 aromatic rings. The zero-order valence-electron chi connectivity index (χ0n) is 17.4. The van der Waals surface area contributed by atoms with Gasteiger partial charge >= 0.3 is 0 Å². The highest BCUT2D eigenvalue weighted by atomic mass is 32.2. The first-order valence-electron chi connectivity index (χ1n) is 11.7. The van der Waals surface area contributed by atoms with Crippen molar-refractivity contribution in [1.29, 1.82) is 0 Å². The summed E-state index contributed by atoms with van der Waals surface area (Å²) in [5.74, 6) is 2.52. The zero-order valence-corrected chi connectivity index (χ0v) is 18.2. The van der Waals surface area contributed by atoms with Crippen LogP contribution in [0.4, 0.5) is 0 Å². The van der Waals surface area contributed by atoms with E-state index >= 15 is 0 Å². The fourth-order valence-electron chi connectivity index (χ4n) is 6.46. The first-order valence-corrected chi connectivity index (χ1v) is 12.8. The molecular weight excluding hydrogens is 372 g/mol. The second-order valence-electron chi connectivity index (χ2n) is 8.97. The van der Waals surface area contributed by atoms with Gasteiger partial charge in [-0.1, -0.05) is 0 Å². The van der Waals surface area contributed by atoms with Crippen LogP contribution in [0.25, 0.3) is 0 Å². The molecule has 0 aliphatic carbocycles. The predicted molar refractivity (Wildman–Crippen MR) is 114 cm³/mol. The lowest BCUT2D eigenvalue weighted by Crippen LogP contribution is -2.81. The molecule has 7 heteroatoms. The molecule has 0 aromatic heterocycles. The fourth-order valence-corrected chi connectivity index (χ4v) is 7.34. The number of rotatable bonds is 4. The Kier molecular flexibility index (Phi) is 6.50. The second-order valence-corrected chi connectivity index (χ2v) is 10.2. The van der Waals surface area contributed by atoms with Crippen molar-refractivity contribution < 1.29 is 9.47 Å². The summed E-state index contributed by atoms with van der Waals surface area (Å²) in [4.78, 5) is 5.64. The summed E-state index contributed by atoms with van der Waals surface area (Å²) < 4.78 is 12.4. The molecule has 0 amide bonds. The molecular formula is C21H38N4O2S. The monoisotopic (exact) mass is 410 g/mol. The highest BCUT2D eigenvalue weighted by Crippen LogP contribution is 2.44. The van der Waals surface area contributed by atoms with Crippen LogP contribution in [-0.2, 0) is 9.47 Å². The van der Waals surface area contributed by atoms with Gasteiger partial charge in [0.05, 0.1) is 19.3 Å². The first kappa shape index (κ1) is 20.0. The van der Waals surface area contributed by atoms with E-state index in [1.807, 2.05) is 0 Å². The Morgan fingerprint density at radius 3 is 2.25 bits per heavy atom. The zero-order chi connectivity index (χ0) is 18.8. The lowest BCUT2D eigenvalue weighted by Gasteiger charge is -2.64. The van der Waals surface area contributed by atoms with Crippen molar-refractivity contribution in [2.24, 2.45) is 0 Å². The van der Waals surface area contributed by atoms with Gasteiger partial charge in [-0.15, -0.1) is 0 Å². The minimum absolute atomic E-state index is 0.00905. The minimum atomic E-state index is -0.00905. The molecule has 5 heterocycles. The molecule has 5 aliphatic heterocycles. The van der Waals surface area contributed by atoms with Crippen LogP contribution in [0.2, 0.25) is 0 Å². The van der Waals surface area contributed by atoms with Crippen molar-refractivity contribution in [2.45, 2.75) is 56.3 Å². The minimum Gasteiger partial charge on any atom is -0.379 e. The number of morpholine rings is 1. The number of hydrazine groups is 1. The molecule has 5 fully saturated rings. The molecule has 0 spiro atoms. The summed E-state index contributed by atoms with van der Waals surface area (Å²) in [7, 11) is 0. The molecule has 0 bridgehead atoms. The maximum absolute atomic E-state index is 6.58. The summed E-state index contributed by atoms with van der Waals surface area (Å²) >= 11 is 2.11. The summed E-state index contributed by atoms with van der Waals surface area (Å²) in [6.07, 6.45) is 8.10. The van der Waals surface area contributed by atoms with Crippen LogP contribution < -0.4 is 0 Å². The van der Waals surface area contributed by atoms with Crippen LogP contribution in [-0.4, -0.2) is 115 Å². The van der Waals surface area contributed by atoms with Gasteiger partial charge in [0.25, 0.3) is 0 Å². The number of likely N-dealkylation sites (tertiary alicyclic amines) is 1. The average molecular weight is 411 g/mol. The molecule has 5 saturated heterocycles. The predicted octanol–water partition coefficient (Wildman–Crippen LogP) is 1.72. The lowest BCUT2D eigenvalue weighted by molar-refractivity contribution is -0.269. The molecule has 6 nitrogen and oxygen atoms in total. The molecule has 0 aromatic carbocycles. The van der Waals surface area contributed by atoms with Crippen LogP contribution in [0.15, 0.2) is 0 Å². The molecule has 3 unspecified atom stereocenters. The smallest absolute Gasteiger partial charge is 0.129 e. The molecule has 28 heavy (non-hydrogen) atoms. The second kappa shape index (κ2) is 9.08. The third-order valence-electron chi connectivity index (χ3n) is 7.58.